The predicted octanol–water partition coefficient (Wildman–Crippen LogP) is 2.98. The Morgan fingerprint density at radius 2 is 1.59 bits per heavy atom. The highest BCUT2D eigenvalue weighted by molar-refractivity contribution is 5.11. The zero-order valence-electron chi connectivity index (χ0n) is 10.8. The summed E-state index contributed by atoms with van der Waals surface area (Å²) in [5.74, 6) is 0.281. The minimum absolute atomic E-state index is 0.281. The maximum atomic E-state index is 10.0. The van der Waals surface area contributed by atoms with E-state index in [1.54, 1.807) is 0 Å². The second-order valence-corrected chi connectivity index (χ2v) is 5.20. The Balaban J connectivity index is 2.77. The van der Waals surface area contributed by atoms with Gasteiger partial charge in [0.05, 0.1) is 12.2 Å². The van der Waals surface area contributed by atoms with Gasteiger partial charge in [0.25, 0.3) is 0 Å². The van der Waals surface area contributed by atoms with E-state index < -0.39 is 12.2 Å². The van der Waals surface area contributed by atoms with E-state index in [0.29, 0.717) is 19.3 Å². The van der Waals surface area contributed by atoms with Gasteiger partial charge in [-0.15, -0.1) is 0 Å². The maximum absolute atomic E-state index is 10.0. The van der Waals surface area contributed by atoms with Crippen LogP contribution in [-0.4, -0.2) is 22.4 Å². The van der Waals surface area contributed by atoms with Gasteiger partial charge in [-0.05, 0) is 56.1 Å². The van der Waals surface area contributed by atoms with Gasteiger partial charge < -0.3 is 10.2 Å². The van der Waals surface area contributed by atoms with Crippen LogP contribution in [0, 0.1) is 5.92 Å². The van der Waals surface area contributed by atoms with Gasteiger partial charge in [-0.25, -0.2) is 0 Å². The topological polar surface area (TPSA) is 40.5 Å². The SMILES string of the molecule is C=C1CC[C@@H](C(=C)C)C[C@H](O)C(=C)CCC1O. The zero-order chi connectivity index (χ0) is 13.0. The highest BCUT2D eigenvalue weighted by Gasteiger charge is 2.21. The van der Waals surface area contributed by atoms with Crippen molar-refractivity contribution >= 4 is 0 Å². The first-order valence-electron chi connectivity index (χ1n) is 6.28. The lowest BCUT2D eigenvalue weighted by molar-refractivity contribution is 0.157. The molecule has 1 fully saturated rings. The Morgan fingerprint density at radius 1 is 1.06 bits per heavy atom. The molecule has 3 atom stereocenters. The van der Waals surface area contributed by atoms with Gasteiger partial charge in [-0.3, -0.25) is 0 Å². The fourth-order valence-corrected chi connectivity index (χ4v) is 2.22. The Bertz CT molecular complexity index is 317. The van der Waals surface area contributed by atoms with Crippen LogP contribution in [0.15, 0.2) is 36.5 Å². The monoisotopic (exact) mass is 236 g/mol. The van der Waals surface area contributed by atoms with Crippen LogP contribution >= 0.6 is 0 Å². The predicted molar refractivity (Wildman–Crippen MR) is 71.7 cm³/mol. The lowest BCUT2D eigenvalue weighted by Crippen LogP contribution is -2.21. The average molecular weight is 236 g/mol. The summed E-state index contributed by atoms with van der Waals surface area (Å²) in [5, 5.41) is 19.9. The Kier molecular flexibility index (Phi) is 5.16. The number of aliphatic hydroxyl groups is 2. The standard InChI is InChI=1S/C15H24O2/c1-10(2)13-7-5-11(3)14(16)8-6-12(4)15(17)9-13/h13-17H,1,3-9H2,2H3/t13-,14?,15+/m1/s1. The molecule has 1 saturated carbocycles. The fourth-order valence-electron chi connectivity index (χ4n) is 2.22. The molecule has 0 radical (unpaired) electrons. The highest BCUT2D eigenvalue weighted by atomic mass is 16.3. The molecule has 1 rings (SSSR count). The normalized spacial score (nSPS) is 32.3. The zero-order valence-corrected chi connectivity index (χ0v) is 10.8. The molecule has 0 aromatic heterocycles. The molecule has 0 aliphatic heterocycles. The van der Waals surface area contributed by atoms with Gasteiger partial charge in [0.2, 0.25) is 0 Å². The first-order valence-corrected chi connectivity index (χ1v) is 6.28. The summed E-state index contributed by atoms with van der Waals surface area (Å²) in [6.07, 6.45) is 2.72. The minimum atomic E-state index is -0.477. The van der Waals surface area contributed by atoms with Gasteiger partial charge in [-0.2, -0.15) is 0 Å². The molecule has 0 aromatic carbocycles. The summed E-state index contributed by atoms with van der Waals surface area (Å²) in [6, 6.07) is 0. The van der Waals surface area contributed by atoms with Crippen molar-refractivity contribution in [1.82, 2.24) is 0 Å². The van der Waals surface area contributed by atoms with Crippen molar-refractivity contribution in [3.8, 4) is 0 Å². The molecule has 0 amide bonds. The minimum Gasteiger partial charge on any atom is -0.389 e. The largest absolute Gasteiger partial charge is 0.389 e. The first kappa shape index (κ1) is 14.2. The quantitative estimate of drug-likeness (QED) is 0.687. The summed E-state index contributed by atoms with van der Waals surface area (Å²) in [5.41, 5.74) is 2.78. The molecule has 2 nitrogen and oxygen atoms in total. The van der Waals surface area contributed by atoms with E-state index in [4.69, 9.17) is 0 Å². The van der Waals surface area contributed by atoms with Crippen LogP contribution in [0.2, 0.25) is 0 Å². The molecule has 0 heterocycles. The van der Waals surface area contributed by atoms with Crippen molar-refractivity contribution in [3.05, 3.63) is 36.5 Å². The van der Waals surface area contributed by atoms with Gasteiger partial charge in [0.1, 0.15) is 0 Å². The molecular weight excluding hydrogens is 212 g/mol. The van der Waals surface area contributed by atoms with Crippen molar-refractivity contribution in [2.24, 2.45) is 5.92 Å². The second-order valence-electron chi connectivity index (χ2n) is 5.20. The third-order valence-corrected chi connectivity index (χ3v) is 3.70. The summed E-state index contributed by atoms with van der Waals surface area (Å²) in [4.78, 5) is 0. The molecule has 2 N–H and O–H groups in total. The van der Waals surface area contributed by atoms with E-state index in [-0.39, 0.29) is 5.92 Å². The van der Waals surface area contributed by atoms with E-state index in [1.165, 1.54) is 0 Å². The number of aliphatic hydroxyl groups excluding tert-OH is 2. The van der Waals surface area contributed by atoms with Crippen molar-refractivity contribution in [3.63, 3.8) is 0 Å². The van der Waals surface area contributed by atoms with Crippen molar-refractivity contribution in [1.29, 1.82) is 0 Å². The molecular formula is C15H24O2. The molecule has 0 saturated heterocycles. The number of rotatable bonds is 1. The van der Waals surface area contributed by atoms with Gasteiger partial charge >= 0.3 is 0 Å². The molecule has 0 aromatic rings. The second kappa shape index (κ2) is 6.18. The first-order chi connectivity index (χ1) is 7.91. The summed E-state index contributed by atoms with van der Waals surface area (Å²) >= 11 is 0. The van der Waals surface area contributed by atoms with Crippen molar-refractivity contribution in [2.75, 3.05) is 0 Å². The van der Waals surface area contributed by atoms with Gasteiger partial charge in [0.15, 0.2) is 0 Å². The van der Waals surface area contributed by atoms with Crippen LogP contribution in [-0.2, 0) is 0 Å². The third-order valence-electron chi connectivity index (χ3n) is 3.70. The van der Waals surface area contributed by atoms with Crippen LogP contribution in [0.1, 0.15) is 39.0 Å². The lowest BCUT2D eigenvalue weighted by atomic mass is 9.84. The molecule has 0 spiro atoms. The Labute approximate surface area is 104 Å². The van der Waals surface area contributed by atoms with E-state index in [9.17, 15) is 10.2 Å². The van der Waals surface area contributed by atoms with Crippen LogP contribution in [0.25, 0.3) is 0 Å². The lowest BCUT2D eigenvalue weighted by Gasteiger charge is -2.26. The summed E-state index contributed by atoms with van der Waals surface area (Å²) in [7, 11) is 0. The van der Waals surface area contributed by atoms with E-state index in [0.717, 1.165) is 29.6 Å². The van der Waals surface area contributed by atoms with Crippen LogP contribution in [0.3, 0.4) is 0 Å². The number of allylic oxidation sites excluding steroid dienone is 1. The maximum Gasteiger partial charge on any atom is 0.0753 e. The van der Waals surface area contributed by atoms with Crippen LogP contribution < -0.4 is 0 Å². The third kappa shape index (κ3) is 4.14. The van der Waals surface area contributed by atoms with Crippen LogP contribution in [0.4, 0.5) is 0 Å². The molecule has 1 aliphatic carbocycles. The Morgan fingerprint density at radius 3 is 2.18 bits per heavy atom. The highest BCUT2D eigenvalue weighted by Crippen LogP contribution is 2.29. The molecule has 17 heavy (non-hydrogen) atoms. The summed E-state index contributed by atoms with van der Waals surface area (Å²) in [6.45, 7) is 13.8. The van der Waals surface area contributed by atoms with Crippen LogP contribution in [0.5, 0.6) is 0 Å². The number of hydrogen-bond donors (Lipinski definition) is 2. The molecule has 2 heteroatoms. The van der Waals surface area contributed by atoms with Gasteiger partial charge in [-0.1, -0.05) is 25.3 Å². The van der Waals surface area contributed by atoms with E-state index in [1.807, 2.05) is 6.92 Å². The molecule has 1 aliphatic rings. The summed E-state index contributed by atoms with van der Waals surface area (Å²) < 4.78 is 0. The number of hydrogen-bond acceptors (Lipinski definition) is 2. The van der Waals surface area contributed by atoms with E-state index >= 15 is 0 Å². The fraction of sp³-hybridized carbons (Fsp3) is 0.600. The molecule has 1 unspecified atom stereocenters. The van der Waals surface area contributed by atoms with E-state index in [2.05, 4.69) is 19.7 Å². The average Bonchev–Trinajstić information content (AvgIpc) is 2.28. The Hall–Kier alpha value is -0.860. The van der Waals surface area contributed by atoms with Gasteiger partial charge in [0, 0.05) is 0 Å². The smallest absolute Gasteiger partial charge is 0.0753 e. The van der Waals surface area contributed by atoms with Crippen molar-refractivity contribution < 1.29 is 10.2 Å². The van der Waals surface area contributed by atoms with Crippen molar-refractivity contribution in [2.45, 2.75) is 51.2 Å². The molecule has 0 bridgehead atoms. The molecule has 96 valence electrons.